The van der Waals surface area contributed by atoms with E-state index in [-0.39, 0.29) is 0 Å². The highest BCUT2D eigenvalue weighted by Crippen LogP contribution is 2.44. The molecule has 1 fully saturated rings. The summed E-state index contributed by atoms with van der Waals surface area (Å²) in [6.45, 7) is 7.93. The second-order valence-corrected chi connectivity index (χ2v) is 8.07. The van der Waals surface area contributed by atoms with Crippen molar-refractivity contribution in [1.29, 1.82) is 0 Å². The maximum absolute atomic E-state index is 11.8. The van der Waals surface area contributed by atoms with E-state index in [0.717, 1.165) is 25.8 Å². The third-order valence-electron chi connectivity index (χ3n) is 3.69. The minimum atomic E-state index is -2.93. The van der Waals surface area contributed by atoms with E-state index in [4.69, 9.17) is 0 Å². The second kappa shape index (κ2) is 5.05. The topological polar surface area (TPSA) is 46.2 Å². The Balaban J connectivity index is 2.55. The summed E-state index contributed by atoms with van der Waals surface area (Å²) in [6, 6.07) is 0. The number of hydrogen-bond acceptors (Lipinski definition) is 3. The summed E-state index contributed by atoms with van der Waals surface area (Å²) in [6.07, 6.45) is 4.16. The third-order valence-corrected chi connectivity index (χ3v) is 5.74. The van der Waals surface area contributed by atoms with Crippen molar-refractivity contribution in [2.75, 3.05) is 19.3 Å². The molecule has 0 heterocycles. The molecule has 0 aliphatic heterocycles. The van der Waals surface area contributed by atoms with Gasteiger partial charge in [0.1, 0.15) is 0 Å². The number of rotatable bonds is 6. The molecule has 1 aliphatic carbocycles. The molecular weight excluding hydrogens is 222 g/mol. The lowest BCUT2D eigenvalue weighted by Crippen LogP contribution is -2.56. The van der Waals surface area contributed by atoms with E-state index >= 15 is 0 Å². The SMILES string of the molecule is CCC1CC(CNCC(C)C)(S(C)(=O)=O)C1. The number of hydrogen-bond donors (Lipinski definition) is 1. The molecule has 0 atom stereocenters. The van der Waals surface area contributed by atoms with Gasteiger partial charge < -0.3 is 5.32 Å². The standard InChI is InChI=1S/C12H25NO2S/c1-5-11-6-12(7-11,16(4,14)15)9-13-8-10(2)3/h10-11,13H,5-9H2,1-4H3. The van der Waals surface area contributed by atoms with Crippen LogP contribution in [0, 0.1) is 11.8 Å². The predicted molar refractivity (Wildman–Crippen MR) is 68.3 cm³/mol. The van der Waals surface area contributed by atoms with Crippen LogP contribution in [-0.2, 0) is 9.84 Å². The summed E-state index contributed by atoms with van der Waals surface area (Å²) < 4.78 is 23.2. The fourth-order valence-electron chi connectivity index (χ4n) is 2.45. The quantitative estimate of drug-likeness (QED) is 0.779. The van der Waals surface area contributed by atoms with Gasteiger partial charge in [-0.05, 0) is 31.2 Å². The smallest absolute Gasteiger partial charge is 0.154 e. The van der Waals surface area contributed by atoms with E-state index in [1.165, 1.54) is 6.26 Å². The number of sulfone groups is 1. The maximum Gasteiger partial charge on any atom is 0.154 e. The lowest BCUT2D eigenvalue weighted by Gasteiger charge is -2.46. The van der Waals surface area contributed by atoms with Crippen molar-refractivity contribution >= 4 is 9.84 Å². The van der Waals surface area contributed by atoms with Gasteiger partial charge in [-0.15, -0.1) is 0 Å². The molecular formula is C12H25NO2S. The molecule has 4 heteroatoms. The van der Waals surface area contributed by atoms with Crippen LogP contribution in [0.15, 0.2) is 0 Å². The molecule has 0 bridgehead atoms. The first-order valence-corrected chi connectivity index (χ1v) is 8.10. The molecule has 0 aromatic rings. The van der Waals surface area contributed by atoms with Gasteiger partial charge in [-0.25, -0.2) is 8.42 Å². The van der Waals surface area contributed by atoms with E-state index in [1.807, 2.05) is 0 Å². The highest BCUT2D eigenvalue weighted by Gasteiger charge is 2.50. The second-order valence-electron chi connectivity index (χ2n) is 5.66. The molecule has 3 nitrogen and oxygen atoms in total. The Morgan fingerprint density at radius 1 is 1.38 bits per heavy atom. The van der Waals surface area contributed by atoms with Gasteiger partial charge in [-0.1, -0.05) is 27.2 Å². The van der Waals surface area contributed by atoms with Gasteiger partial charge in [0.2, 0.25) is 0 Å². The Bertz CT molecular complexity index is 316. The highest BCUT2D eigenvalue weighted by atomic mass is 32.2. The van der Waals surface area contributed by atoms with E-state index in [9.17, 15) is 8.42 Å². The molecule has 0 aromatic carbocycles. The first-order valence-electron chi connectivity index (χ1n) is 6.21. The third kappa shape index (κ3) is 2.98. The van der Waals surface area contributed by atoms with Gasteiger partial charge in [-0.3, -0.25) is 0 Å². The van der Waals surface area contributed by atoms with Crippen LogP contribution in [0.4, 0.5) is 0 Å². The zero-order valence-corrected chi connectivity index (χ0v) is 11.7. The van der Waals surface area contributed by atoms with E-state index in [1.54, 1.807) is 0 Å². The molecule has 96 valence electrons. The molecule has 1 N–H and O–H groups in total. The minimum Gasteiger partial charge on any atom is -0.315 e. The molecule has 16 heavy (non-hydrogen) atoms. The van der Waals surface area contributed by atoms with Crippen molar-refractivity contribution < 1.29 is 8.42 Å². The van der Waals surface area contributed by atoms with E-state index in [0.29, 0.717) is 18.4 Å². The van der Waals surface area contributed by atoms with Crippen LogP contribution in [-0.4, -0.2) is 32.5 Å². The van der Waals surface area contributed by atoms with E-state index in [2.05, 4.69) is 26.1 Å². The van der Waals surface area contributed by atoms with Gasteiger partial charge in [0.15, 0.2) is 9.84 Å². The number of nitrogens with one attached hydrogen (secondary N) is 1. The van der Waals surface area contributed by atoms with Gasteiger partial charge >= 0.3 is 0 Å². The van der Waals surface area contributed by atoms with Gasteiger partial charge in [0.05, 0.1) is 4.75 Å². The van der Waals surface area contributed by atoms with Gasteiger partial charge in [-0.2, -0.15) is 0 Å². The monoisotopic (exact) mass is 247 g/mol. The summed E-state index contributed by atoms with van der Waals surface area (Å²) in [4.78, 5) is 0. The zero-order valence-electron chi connectivity index (χ0n) is 10.9. The largest absolute Gasteiger partial charge is 0.315 e. The van der Waals surface area contributed by atoms with Crippen LogP contribution in [0.25, 0.3) is 0 Å². The first-order chi connectivity index (χ1) is 7.31. The van der Waals surface area contributed by atoms with Crippen LogP contribution in [0.3, 0.4) is 0 Å². The minimum absolute atomic E-state index is 0.470. The van der Waals surface area contributed by atoms with Crippen molar-refractivity contribution in [3.63, 3.8) is 0 Å². The van der Waals surface area contributed by atoms with Crippen LogP contribution in [0.5, 0.6) is 0 Å². The van der Waals surface area contributed by atoms with Gasteiger partial charge in [0.25, 0.3) is 0 Å². The van der Waals surface area contributed by atoms with Crippen molar-refractivity contribution in [2.45, 2.75) is 44.8 Å². The lowest BCUT2D eigenvalue weighted by molar-refractivity contribution is 0.204. The molecule has 0 spiro atoms. The molecule has 0 saturated heterocycles. The first kappa shape index (κ1) is 14.0. The highest BCUT2D eigenvalue weighted by molar-refractivity contribution is 7.92. The van der Waals surface area contributed by atoms with Crippen molar-refractivity contribution in [2.24, 2.45) is 11.8 Å². The Kier molecular flexibility index (Phi) is 4.41. The molecule has 0 amide bonds. The Morgan fingerprint density at radius 3 is 2.31 bits per heavy atom. The van der Waals surface area contributed by atoms with Crippen molar-refractivity contribution in [1.82, 2.24) is 5.32 Å². The average molecular weight is 247 g/mol. The summed E-state index contributed by atoms with van der Waals surface area (Å²) in [5.41, 5.74) is 0. The lowest BCUT2D eigenvalue weighted by atomic mass is 9.72. The molecule has 0 unspecified atom stereocenters. The summed E-state index contributed by atoms with van der Waals surface area (Å²) in [7, 11) is -2.93. The normalized spacial score (nSPS) is 30.4. The predicted octanol–water partition coefficient (Wildman–Crippen LogP) is 1.84. The molecule has 0 aromatic heterocycles. The fraction of sp³-hybridized carbons (Fsp3) is 1.00. The molecule has 0 radical (unpaired) electrons. The Hall–Kier alpha value is -0.0900. The van der Waals surface area contributed by atoms with Gasteiger partial charge in [0, 0.05) is 12.8 Å². The van der Waals surface area contributed by atoms with Crippen LogP contribution in [0.1, 0.15) is 40.0 Å². The van der Waals surface area contributed by atoms with Crippen molar-refractivity contribution in [3.8, 4) is 0 Å². The van der Waals surface area contributed by atoms with E-state index < -0.39 is 14.6 Å². The molecule has 1 rings (SSSR count). The molecule has 1 saturated carbocycles. The van der Waals surface area contributed by atoms with Crippen molar-refractivity contribution in [3.05, 3.63) is 0 Å². The van der Waals surface area contributed by atoms with Crippen LogP contribution >= 0.6 is 0 Å². The zero-order chi connectivity index (χ0) is 12.4. The fourth-order valence-corrected chi connectivity index (χ4v) is 3.89. The summed E-state index contributed by atoms with van der Waals surface area (Å²) in [5.74, 6) is 1.18. The summed E-state index contributed by atoms with van der Waals surface area (Å²) >= 11 is 0. The maximum atomic E-state index is 11.8. The van der Waals surface area contributed by atoms with Crippen LogP contribution in [0.2, 0.25) is 0 Å². The Morgan fingerprint density at radius 2 is 1.94 bits per heavy atom. The summed E-state index contributed by atoms with van der Waals surface area (Å²) in [5, 5.41) is 3.30. The van der Waals surface area contributed by atoms with Crippen LogP contribution < -0.4 is 5.32 Å². The molecule has 1 aliphatic rings. The average Bonchev–Trinajstić information content (AvgIpc) is 2.06. The Labute approximate surface area is 99.9 Å².